The standard InChI is InChI=1S/C17H27NO2/c1-11(2)13-8-9-15(14(10-13)12(3)4)18-16(19)17(5,6)20-7/h8-12H,1-7H3,(H,18,19). The first-order valence-electron chi connectivity index (χ1n) is 7.19. The van der Waals surface area contributed by atoms with Gasteiger partial charge in [-0.25, -0.2) is 0 Å². The highest BCUT2D eigenvalue weighted by atomic mass is 16.5. The second-order valence-corrected chi connectivity index (χ2v) is 6.32. The molecular weight excluding hydrogens is 250 g/mol. The van der Waals surface area contributed by atoms with Crippen LogP contribution in [-0.2, 0) is 9.53 Å². The van der Waals surface area contributed by atoms with Gasteiger partial charge >= 0.3 is 0 Å². The largest absolute Gasteiger partial charge is 0.369 e. The lowest BCUT2D eigenvalue weighted by molar-refractivity contribution is -0.133. The summed E-state index contributed by atoms with van der Waals surface area (Å²) >= 11 is 0. The Labute approximate surface area is 122 Å². The van der Waals surface area contributed by atoms with E-state index in [9.17, 15) is 4.79 Å². The zero-order chi connectivity index (χ0) is 15.5. The van der Waals surface area contributed by atoms with Crippen molar-refractivity contribution in [1.29, 1.82) is 0 Å². The molecule has 20 heavy (non-hydrogen) atoms. The van der Waals surface area contributed by atoms with E-state index in [4.69, 9.17) is 4.74 Å². The molecule has 0 aliphatic heterocycles. The Bertz CT molecular complexity index is 476. The SMILES string of the molecule is COC(C)(C)C(=O)Nc1ccc(C(C)C)cc1C(C)C. The second-order valence-electron chi connectivity index (χ2n) is 6.32. The maximum Gasteiger partial charge on any atom is 0.256 e. The highest BCUT2D eigenvalue weighted by molar-refractivity contribution is 5.97. The zero-order valence-corrected chi connectivity index (χ0v) is 13.7. The van der Waals surface area contributed by atoms with Gasteiger partial charge in [-0.3, -0.25) is 4.79 Å². The predicted octanol–water partition coefficient (Wildman–Crippen LogP) is 4.30. The molecule has 3 nitrogen and oxygen atoms in total. The number of benzene rings is 1. The summed E-state index contributed by atoms with van der Waals surface area (Å²) in [5.41, 5.74) is 2.50. The molecule has 0 saturated heterocycles. The first-order chi connectivity index (χ1) is 9.19. The van der Waals surface area contributed by atoms with Crippen LogP contribution in [0.4, 0.5) is 5.69 Å². The van der Waals surface area contributed by atoms with Crippen molar-refractivity contribution in [3.05, 3.63) is 29.3 Å². The molecule has 1 rings (SSSR count). The van der Waals surface area contributed by atoms with Crippen molar-refractivity contribution in [3.63, 3.8) is 0 Å². The maximum absolute atomic E-state index is 12.2. The van der Waals surface area contributed by atoms with Crippen molar-refractivity contribution >= 4 is 11.6 Å². The van der Waals surface area contributed by atoms with Crippen LogP contribution >= 0.6 is 0 Å². The molecule has 1 aromatic carbocycles. The fourth-order valence-electron chi connectivity index (χ4n) is 1.90. The normalized spacial score (nSPS) is 12.1. The van der Waals surface area contributed by atoms with Gasteiger partial charge in [-0.1, -0.05) is 39.8 Å². The van der Waals surface area contributed by atoms with Crippen LogP contribution in [0.2, 0.25) is 0 Å². The van der Waals surface area contributed by atoms with E-state index in [1.54, 1.807) is 21.0 Å². The molecule has 0 spiro atoms. The third-order valence-electron chi connectivity index (χ3n) is 3.67. The summed E-state index contributed by atoms with van der Waals surface area (Å²) in [6.07, 6.45) is 0. The Morgan fingerprint density at radius 3 is 2.20 bits per heavy atom. The van der Waals surface area contributed by atoms with Crippen molar-refractivity contribution < 1.29 is 9.53 Å². The summed E-state index contributed by atoms with van der Waals surface area (Å²) < 4.78 is 5.22. The molecule has 112 valence electrons. The van der Waals surface area contributed by atoms with Crippen molar-refractivity contribution in [2.45, 2.75) is 59.0 Å². The number of nitrogens with one attached hydrogen (secondary N) is 1. The van der Waals surface area contributed by atoms with Gasteiger partial charge in [0.15, 0.2) is 0 Å². The van der Waals surface area contributed by atoms with Gasteiger partial charge in [0.2, 0.25) is 0 Å². The number of hydrogen-bond donors (Lipinski definition) is 1. The summed E-state index contributed by atoms with van der Waals surface area (Å²) in [5.74, 6) is 0.710. The summed E-state index contributed by atoms with van der Waals surface area (Å²) in [6.45, 7) is 12.1. The number of methoxy groups -OCH3 is 1. The lowest BCUT2D eigenvalue weighted by Gasteiger charge is -2.24. The van der Waals surface area contributed by atoms with Gasteiger partial charge in [0, 0.05) is 12.8 Å². The van der Waals surface area contributed by atoms with Crippen molar-refractivity contribution in [1.82, 2.24) is 0 Å². The molecule has 0 fully saturated rings. The van der Waals surface area contributed by atoms with Gasteiger partial charge in [0.05, 0.1) is 0 Å². The molecule has 0 aliphatic carbocycles. The average molecular weight is 277 g/mol. The molecule has 0 aliphatic rings. The second kappa shape index (κ2) is 6.40. The third kappa shape index (κ3) is 3.83. The van der Waals surface area contributed by atoms with Crippen LogP contribution in [-0.4, -0.2) is 18.6 Å². The highest BCUT2D eigenvalue weighted by Crippen LogP contribution is 2.29. The van der Waals surface area contributed by atoms with Gasteiger partial charge in [-0.15, -0.1) is 0 Å². The number of carbonyl (C=O) groups excluding carboxylic acids is 1. The van der Waals surface area contributed by atoms with Crippen molar-refractivity contribution in [3.8, 4) is 0 Å². The van der Waals surface area contributed by atoms with Gasteiger partial charge in [0.25, 0.3) is 5.91 Å². The molecule has 1 aromatic rings. The number of rotatable bonds is 5. The molecule has 1 N–H and O–H groups in total. The molecule has 0 bridgehead atoms. The van der Waals surface area contributed by atoms with E-state index in [2.05, 4.69) is 45.1 Å². The summed E-state index contributed by atoms with van der Waals surface area (Å²) in [7, 11) is 1.55. The number of ether oxygens (including phenoxy) is 1. The van der Waals surface area contributed by atoms with E-state index in [-0.39, 0.29) is 5.91 Å². The summed E-state index contributed by atoms with van der Waals surface area (Å²) in [6, 6.07) is 6.25. The minimum Gasteiger partial charge on any atom is -0.369 e. The van der Waals surface area contributed by atoms with Crippen molar-refractivity contribution in [2.75, 3.05) is 12.4 Å². The average Bonchev–Trinajstić information content (AvgIpc) is 2.38. The van der Waals surface area contributed by atoms with E-state index in [0.29, 0.717) is 11.8 Å². The fourth-order valence-corrected chi connectivity index (χ4v) is 1.90. The molecule has 3 heteroatoms. The molecule has 0 aromatic heterocycles. The first-order valence-corrected chi connectivity index (χ1v) is 7.19. The molecule has 0 atom stereocenters. The number of hydrogen-bond acceptors (Lipinski definition) is 2. The zero-order valence-electron chi connectivity index (χ0n) is 13.7. The fraction of sp³-hybridized carbons (Fsp3) is 0.588. The van der Waals surface area contributed by atoms with Gasteiger partial charge in [-0.05, 0) is 42.9 Å². The van der Waals surface area contributed by atoms with Gasteiger partial charge < -0.3 is 10.1 Å². The lowest BCUT2D eigenvalue weighted by atomic mass is 9.94. The Hall–Kier alpha value is -1.35. The van der Waals surface area contributed by atoms with E-state index in [1.807, 2.05) is 6.07 Å². The molecule has 0 radical (unpaired) electrons. The van der Waals surface area contributed by atoms with Gasteiger partial charge in [0.1, 0.15) is 5.60 Å². The number of carbonyl (C=O) groups is 1. The number of amides is 1. The Morgan fingerprint density at radius 1 is 1.15 bits per heavy atom. The molecule has 0 saturated carbocycles. The lowest BCUT2D eigenvalue weighted by Crippen LogP contribution is -2.39. The Balaban J connectivity index is 3.10. The topological polar surface area (TPSA) is 38.3 Å². The van der Waals surface area contributed by atoms with Crippen LogP contribution in [0.3, 0.4) is 0 Å². The highest BCUT2D eigenvalue weighted by Gasteiger charge is 2.27. The summed E-state index contributed by atoms with van der Waals surface area (Å²) in [4.78, 5) is 12.2. The van der Waals surface area contributed by atoms with E-state index >= 15 is 0 Å². The van der Waals surface area contributed by atoms with Crippen LogP contribution < -0.4 is 5.32 Å². The van der Waals surface area contributed by atoms with E-state index < -0.39 is 5.60 Å². The smallest absolute Gasteiger partial charge is 0.256 e. The van der Waals surface area contributed by atoms with Gasteiger partial charge in [-0.2, -0.15) is 0 Å². The Kier molecular flexibility index (Phi) is 5.35. The minimum absolute atomic E-state index is 0.126. The molecular formula is C17H27NO2. The molecule has 1 amide bonds. The molecule has 0 unspecified atom stereocenters. The van der Waals surface area contributed by atoms with Crippen LogP contribution in [0.5, 0.6) is 0 Å². The first kappa shape index (κ1) is 16.7. The number of anilines is 1. The Morgan fingerprint density at radius 2 is 1.75 bits per heavy atom. The van der Waals surface area contributed by atoms with Crippen LogP contribution in [0.15, 0.2) is 18.2 Å². The predicted molar refractivity (Wildman–Crippen MR) is 84.3 cm³/mol. The minimum atomic E-state index is -0.828. The maximum atomic E-state index is 12.2. The van der Waals surface area contributed by atoms with Crippen molar-refractivity contribution in [2.24, 2.45) is 0 Å². The quantitative estimate of drug-likeness (QED) is 0.871. The monoisotopic (exact) mass is 277 g/mol. The molecule has 0 heterocycles. The van der Waals surface area contributed by atoms with E-state index in [1.165, 1.54) is 5.56 Å². The van der Waals surface area contributed by atoms with E-state index in [0.717, 1.165) is 11.3 Å². The van der Waals surface area contributed by atoms with Crippen LogP contribution in [0.25, 0.3) is 0 Å². The van der Waals surface area contributed by atoms with Crippen LogP contribution in [0, 0.1) is 0 Å². The summed E-state index contributed by atoms with van der Waals surface area (Å²) in [5, 5.41) is 2.99. The third-order valence-corrected chi connectivity index (χ3v) is 3.67. The van der Waals surface area contributed by atoms with Crippen LogP contribution in [0.1, 0.15) is 64.5 Å².